The van der Waals surface area contributed by atoms with Gasteiger partial charge in [0.05, 0.1) is 13.2 Å². The second kappa shape index (κ2) is 19.1. The Morgan fingerprint density at radius 1 is 0.571 bits per heavy atom. The molecular weight excluding hydrogens is 348 g/mol. The standard InChI is InChI=1S/2C12H23NO/c2*1-11(2)7-6-8-12(3)9-10-14-13(4)5/h2*7,9H,6,8,10H2,1-5H3. The summed E-state index contributed by atoms with van der Waals surface area (Å²) in [5.41, 5.74) is 5.57. The molecule has 0 amide bonds. The minimum absolute atomic E-state index is 0.674. The summed E-state index contributed by atoms with van der Waals surface area (Å²) in [7, 11) is 7.58. The van der Waals surface area contributed by atoms with Crippen molar-refractivity contribution in [3.63, 3.8) is 0 Å². The lowest BCUT2D eigenvalue weighted by molar-refractivity contribution is -0.106. The molecule has 0 aliphatic carbocycles. The number of hydroxylamine groups is 4. The first-order chi connectivity index (χ1) is 13.0. The van der Waals surface area contributed by atoms with E-state index in [1.54, 1.807) is 10.1 Å². The van der Waals surface area contributed by atoms with Crippen molar-refractivity contribution in [2.45, 2.75) is 67.2 Å². The van der Waals surface area contributed by atoms with Crippen LogP contribution in [0.4, 0.5) is 0 Å². The van der Waals surface area contributed by atoms with Gasteiger partial charge in [0.25, 0.3) is 0 Å². The van der Waals surface area contributed by atoms with Gasteiger partial charge in [-0.3, -0.25) is 9.68 Å². The SMILES string of the molecule is CC(C)=CCCC(C)=CCON(C)C.CC(C)=CCCC(C)=CCON(C)C. The van der Waals surface area contributed by atoms with E-state index < -0.39 is 0 Å². The predicted octanol–water partition coefficient (Wildman–Crippen LogP) is 6.34. The Labute approximate surface area is 175 Å². The number of hydrogen-bond acceptors (Lipinski definition) is 4. The summed E-state index contributed by atoms with van der Waals surface area (Å²) >= 11 is 0. The molecule has 4 nitrogen and oxygen atoms in total. The van der Waals surface area contributed by atoms with Crippen LogP contribution < -0.4 is 0 Å². The van der Waals surface area contributed by atoms with Crippen molar-refractivity contribution in [2.24, 2.45) is 0 Å². The summed E-state index contributed by atoms with van der Waals surface area (Å²) in [4.78, 5) is 10.6. The Balaban J connectivity index is 0. The molecule has 0 atom stereocenters. The van der Waals surface area contributed by atoms with Gasteiger partial charge in [0.2, 0.25) is 0 Å². The van der Waals surface area contributed by atoms with E-state index in [4.69, 9.17) is 9.68 Å². The van der Waals surface area contributed by atoms with E-state index in [-0.39, 0.29) is 0 Å². The van der Waals surface area contributed by atoms with E-state index in [9.17, 15) is 0 Å². The molecule has 4 heteroatoms. The third-order valence-electron chi connectivity index (χ3n) is 3.71. The zero-order valence-corrected chi connectivity index (χ0v) is 20.3. The van der Waals surface area contributed by atoms with Crippen LogP contribution in [0.15, 0.2) is 46.6 Å². The molecule has 0 saturated carbocycles. The van der Waals surface area contributed by atoms with Crippen LogP contribution in [0, 0.1) is 0 Å². The molecule has 0 aromatic rings. The van der Waals surface area contributed by atoms with Crippen LogP contribution >= 0.6 is 0 Å². The summed E-state index contributed by atoms with van der Waals surface area (Å²) < 4.78 is 0. The molecule has 0 aromatic carbocycles. The van der Waals surface area contributed by atoms with E-state index >= 15 is 0 Å². The molecule has 0 spiro atoms. The van der Waals surface area contributed by atoms with Gasteiger partial charge in [-0.2, -0.15) is 10.1 Å². The molecule has 0 heterocycles. The lowest BCUT2D eigenvalue weighted by Crippen LogP contribution is -2.12. The van der Waals surface area contributed by atoms with Gasteiger partial charge >= 0.3 is 0 Å². The fourth-order valence-corrected chi connectivity index (χ4v) is 2.04. The number of hydrogen-bond donors (Lipinski definition) is 0. The Morgan fingerprint density at radius 3 is 1.14 bits per heavy atom. The summed E-state index contributed by atoms with van der Waals surface area (Å²) in [5, 5.41) is 3.44. The maximum atomic E-state index is 5.28. The zero-order chi connectivity index (χ0) is 21.9. The van der Waals surface area contributed by atoms with E-state index in [0.29, 0.717) is 13.2 Å². The van der Waals surface area contributed by atoms with Crippen molar-refractivity contribution in [1.82, 2.24) is 10.1 Å². The van der Waals surface area contributed by atoms with Gasteiger partial charge in [-0.25, -0.2) is 0 Å². The fraction of sp³-hybridized carbons (Fsp3) is 0.667. The average molecular weight is 395 g/mol. The Morgan fingerprint density at radius 2 is 0.893 bits per heavy atom. The Kier molecular flexibility index (Phi) is 19.8. The monoisotopic (exact) mass is 394 g/mol. The molecule has 164 valence electrons. The van der Waals surface area contributed by atoms with Crippen molar-refractivity contribution in [2.75, 3.05) is 41.4 Å². The van der Waals surface area contributed by atoms with Crippen LogP contribution in [-0.4, -0.2) is 51.5 Å². The molecule has 0 fully saturated rings. The molecule has 0 aliphatic rings. The molecule has 0 unspecified atom stereocenters. The van der Waals surface area contributed by atoms with Crippen LogP contribution in [0.25, 0.3) is 0 Å². The van der Waals surface area contributed by atoms with Crippen LogP contribution in [-0.2, 0) is 9.68 Å². The Bertz CT molecular complexity index is 447. The molecular formula is C24H46N2O2. The van der Waals surface area contributed by atoms with Gasteiger partial charge in [-0.05, 0) is 67.2 Å². The smallest absolute Gasteiger partial charge is 0.0868 e. The second-order valence-electron chi connectivity index (χ2n) is 7.96. The molecule has 0 rings (SSSR count). The van der Waals surface area contributed by atoms with E-state index in [2.05, 4.69) is 65.8 Å². The maximum absolute atomic E-state index is 5.28. The molecule has 28 heavy (non-hydrogen) atoms. The second-order valence-corrected chi connectivity index (χ2v) is 7.96. The van der Waals surface area contributed by atoms with Crippen molar-refractivity contribution in [1.29, 1.82) is 0 Å². The fourth-order valence-electron chi connectivity index (χ4n) is 2.04. The lowest BCUT2D eigenvalue weighted by Gasteiger charge is -2.08. The molecule has 0 aliphatic heterocycles. The number of rotatable bonds is 12. The first-order valence-corrected chi connectivity index (χ1v) is 10.2. The van der Waals surface area contributed by atoms with Gasteiger partial charge in [0, 0.05) is 28.2 Å². The first kappa shape index (κ1) is 29.0. The lowest BCUT2D eigenvalue weighted by atomic mass is 10.1. The van der Waals surface area contributed by atoms with Gasteiger partial charge in [-0.15, -0.1) is 0 Å². The molecule has 0 N–H and O–H groups in total. The van der Waals surface area contributed by atoms with Crippen LogP contribution in [0.2, 0.25) is 0 Å². The summed E-state index contributed by atoms with van der Waals surface area (Å²) in [5.74, 6) is 0. The van der Waals surface area contributed by atoms with E-state index in [1.165, 1.54) is 22.3 Å². The first-order valence-electron chi connectivity index (χ1n) is 10.2. The topological polar surface area (TPSA) is 24.9 Å². The third-order valence-corrected chi connectivity index (χ3v) is 3.71. The van der Waals surface area contributed by atoms with Crippen molar-refractivity contribution in [3.8, 4) is 0 Å². The van der Waals surface area contributed by atoms with Gasteiger partial charge in [0.15, 0.2) is 0 Å². The normalized spacial score (nSPS) is 12.0. The van der Waals surface area contributed by atoms with Crippen molar-refractivity contribution >= 4 is 0 Å². The number of nitrogens with zero attached hydrogens (tertiary/aromatic N) is 2. The Hall–Kier alpha value is -1.20. The molecule has 0 radical (unpaired) electrons. The number of allylic oxidation sites excluding steroid dienone is 6. The van der Waals surface area contributed by atoms with Crippen molar-refractivity contribution < 1.29 is 9.68 Å². The van der Waals surface area contributed by atoms with Gasteiger partial charge < -0.3 is 0 Å². The van der Waals surface area contributed by atoms with Gasteiger partial charge in [-0.1, -0.05) is 46.6 Å². The molecule has 0 bridgehead atoms. The van der Waals surface area contributed by atoms with Gasteiger partial charge in [0.1, 0.15) is 0 Å². The maximum Gasteiger partial charge on any atom is 0.0868 e. The highest BCUT2D eigenvalue weighted by atomic mass is 16.7. The summed E-state index contributed by atoms with van der Waals surface area (Å²) in [6.07, 6.45) is 13.3. The summed E-state index contributed by atoms with van der Waals surface area (Å²) in [6, 6.07) is 0. The third kappa shape index (κ3) is 27.0. The quantitative estimate of drug-likeness (QED) is 0.285. The highest BCUT2D eigenvalue weighted by Crippen LogP contribution is 2.07. The van der Waals surface area contributed by atoms with Crippen LogP contribution in [0.3, 0.4) is 0 Å². The van der Waals surface area contributed by atoms with Crippen molar-refractivity contribution in [3.05, 3.63) is 46.6 Å². The minimum Gasteiger partial charge on any atom is -0.295 e. The highest BCUT2D eigenvalue weighted by Gasteiger charge is 1.91. The minimum atomic E-state index is 0.674. The average Bonchev–Trinajstić information content (AvgIpc) is 2.54. The molecule has 0 aromatic heterocycles. The van der Waals surface area contributed by atoms with Crippen LogP contribution in [0.5, 0.6) is 0 Å². The van der Waals surface area contributed by atoms with E-state index in [0.717, 1.165) is 25.7 Å². The zero-order valence-electron chi connectivity index (χ0n) is 20.3. The van der Waals surface area contributed by atoms with Crippen LogP contribution in [0.1, 0.15) is 67.2 Å². The predicted molar refractivity (Wildman–Crippen MR) is 124 cm³/mol. The molecule has 0 saturated heterocycles. The highest BCUT2D eigenvalue weighted by molar-refractivity contribution is 5.02. The summed E-state index contributed by atoms with van der Waals surface area (Å²) in [6.45, 7) is 14.2. The van der Waals surface area contributed by atoms with E-state index in [1.807, 2.05) is 28.2 Å². The largest absolute Gasteiger partial charge is 0.295 e.